The average Bonchev–Trinajstić information content (AvgIpc) is 3.23. The number of carbonyl (C=O) groups excluding carboxylic acids is 9. The molecular formula is C46H72N8O13. The number of benzene rings is 1. The van der Waals surface area contributed by atoms with Gasteiger partial charge in [0.15, 0.2) is 0 Å². The summed E-state index contributed by atoms with van der Waals surface area (Å²) in [6.07, 6.45) is -0.108. The van der Waals surface area contributed by atoms with E-state index in [0.717, 1.165) is 5.56 Å². The van der Waals surface area contributed by atoms with Crippen molar-refractivity contribution in [1.82, 2.24) is 37.2 Å². The quantitative estimate of drug-likeness (QED) is 0.0365. The molecule has 0 heterocycles. The maximum atomic E-state index is 14.4. The summed E-state index contributed by atoms with van der Waals surface area (Å²) in [4.78, 5) is 142. The summed E-state index contributed by atoms with van der Waals surface area (Å²) in [6.45, 7) is 13.8. The average molecular weight is 945 g/mol. The molecule has 0 unspecified atom stereocenters. The number of amides is 8. The fraction of sp³-hybridized carbons (Fsp3) is 0.630. The molecule has 1 aromatic carbocycles. The van der Waals surface area contributed by atoms with Crippen LogP contribution in [0.25, 0.3) is 0 Å². The highest BCUT2D eigenvalue weighted by Gasteiger charge is 2.38. The first kappa shape index (κ1) is 58.6. The zero-order valence-corrected chi connectivity index (χ0v) is 40.0. The normalized spacial score (nSPS) is 13.9. The molecule has 1 rings (SSSR count). The van der Waals surface area contributed by atoms with Gasteiger partial charge in [0.05, 0.1) is 12.5 Å². The molecule has 0 spiro atoms. The lowest BCUT2D eigenvalue weighted by molar-refractivity contribution is -0.140. The van der Waals surface area contributed by atoms with Crippen molar-refractivity contribution in [1.29, 1.82) is 0 Å². The summed E-state index contributed by atoms with van der Waals surface area (Å²) in [5.74, 6) is -10.2. The Kier molecular flexibility index (Phi) is 25.6. The first-order chi connectivity index (χ1) is 31.3. The van der Waals surface area contributed by atoms with Crippen LogP contribution in [0.4, 0.5) is 0 Å². The summed E-state index contributed by atoms with van der Waals surface area (Å²) in [5, 5.41) is 36.8. The summed E-state index contributed by atoms with van der Waals surface area (Å²) in [6, 6.07) is -1.14. The van der Waals surface area contributed by atoms with Crippen molar-refractivity contribution in [2.45, 2.75) is 169 Å². The van der Waals surface area contributed by atoms with Crippen molar-refractivity contribution in [3.63, 3.8) is 0 Å². The number of nitrogens with two attached hydrogens (primary N) is 1. The molecular weight excluding hydrogens is 873 g/mol. The largest absolute Gasteiger partial charge is 0.481 e. The van der Waals surface area contributed by atoms with Gasteiger partial charge in [-0.05, 0) is 67.9 Å². The number of Topliss-reactive ketones (excluding diaryl/α,β-unsaturated/α-hetero) is 1. The van der Waals surface area contributed by atoms with Gasteiger partial charge in [0.25, 0.3) is 5.91 Å². The Bertz CT molecular complexity index is 1920. The van der Waals surface area contributed by atoms with Gasteiger partial charge in [0.2, 0.25) is 47.1 Å². The maximum absolute atomic E-state index is 14.4. The van der Waals surface area contributed by atoms with Crippen molar-refractivity contribution in [3.8, 4) is 0 Å². The van der Waals surface area contributed by atoms with Crippen LogP contribution in [0.15, 0.2) is 24.3 Å². The van der Waals surface area contributed by atoms with E-state index in [1.807, 2.05) is 6.92 Å². The first-order valence-corrected chi connectivity index (χ1v) is 22.6. The lowest BCUT2D eigenvalue weighted by Crippen LogP contribution is -2.62. The number of nitrogens with one attached hydrogen (secondary N) is 7. The number of rotatable bonds is 31. The number of carboxylic acids is 2. The molecule has 0 aromatic heterocycles. The van der Waals surface area contributed by atoms with Crippen LogP contribution in [-0.4, -0.2) is 118 Å². The minimum absolute atomic E-state index is 0.00328. The number of hydrogen-bond donors (Lipinski definition) is 10. The van der Waals surface area contributed by atoms with Crippen molar-refractivity contribution < 1.29 is 63.0 Å². The van der Waals surface area contributed by atoms with Crippen LogP contribution in [0.1, 0.15) is 130 Å². The molecule has 21 heteroatoms. The molecule has 0 aliphatic carbocycles. The number of primary amides is 1. The molecule has 6 atom stereocenters. The van der Waals surface area contributed by atoms with Gasteiger partial charge >= 0.3 is 11.9 Å². The van der Waals surface area contributed by atoms with Gasteiger partial charge < -0.3 is 53.2 Å². The zero-order chi connectivity index (χ0) is 51.0. The molecule has 0 aliphatic heterocycles. The lowest BCUT2D eigenvalue weighted by Gasteiger charge is -2.34. The van der Waals surface area contributed by atoms with E-state index in [4.69, 9.17) is 10.8 Å². The smallest absolute Gasteiger partial charge is 0.303 e. The predicted octanol–water partition coefficient (Wildman–Crippen LogP) is 0.819. The SMILES string of the molecule is CCCC[C@H](NC(=O)[C@H](CC(C)C)NC(=O)[C@@H](NC(=O)[C@H](Cc1ccccc1C)NC(=O)[C@H](CCC(=O)O)NC(=O)[C@H](CCCCNC(C)=O)NC(=O)CCC(=O)O)C(C)(C)C)C(=O)C(N)=O. The van der Waals surface area contributed by atoms with Crippen molar-refractivity contribution in [3.05, 3.63) is 35.4 Å². The molecule has 67 heavy (non-hydrogen) atoms. The van der Waals surface area contributed by atoms with E-state index in [1.54, 1.807) is 65.8 Å². The molecule has 8 amide bonds. The topological polar surface area (TPSA) is 338 Å². The van der Waals surface area contributed by atoms with Crippen LogP contribution in [-0.2, 0) is 59.2 Å². The third-order valence-electron chi connectivity index (χ3n) is 10.6. The first-order valence-electron chi connectivity index (χ1n) is 22.6. The van der Waals surface area contributed by atoms with Crippen molar-refractivity contribution in [2.75, 3.05) is 6.54 Å². The molecule has 0 fully saturated rings. The molecule has 374 valence electrons. The highest BCUT2D eigenvalue weighted by molar-refractivity contribution is 6.37. The number of ketones is 1. The Hall–Kier alpha value is -6.41. The van der Waals surface area contributed by atoms with Gasteiger partial charge in [-0.1, -0.05) is 78.6 Å². The monoisotopic (exact) mass is 945 g/mol. The summed E-state index contributed by atoms with van der Waals surface area (Å²) in [7, 11) is 0. The standard InChI is InChI=1S/C46H72N8O13/c1-9-10-17-30(38(61)40(47)62)50-43(65)33(24-26(2)3)53-45(67)39(46(6,7)8)54-44(66)34(25-29-16-12-11-15-27(29)4)52-42(64)32(19-21-36(57)58)51-41(63)31(18-13-14-23-48-28(5)55)49-35(56)20-22-37(59)60/h11-12,15-16,26,30-34,39H,9-10,13-14,17-25H2,1-8H3,(H2,47,62)(H,48,55)(H,49,56)(H,50,65)(H,51,63)(H,52,64)(H,53,67)(H,54,66)(H,57,58)(H,59,60)/t30-,31-,32-,33-,34-,39+/m0/s1. The Morgan fingerprint density at radius 1 is 0.627 bits per heavy atom. The van der Waals surface area contributed by atoms with Gasteiger partial charge in [-0.15, -0.1) is 0 Å². The Labute approximate surface area is 392 Å². The Morgan fingerprint density at radius 2 is 1.15 bits per heavy atom. The van der Waals surface area contributed by atoms with E-state index < -0.39 is 126 Å². The van der Waals surface area contributed by atoms with Gasteiger partial charge in [0.1, 0.15) is 30.2 Å². The number of hydrogen-bond acceptors (Lipinski definition) is 11. The van der Waals surface area contributed by atoms with E-state index in [-0.39, 0.29) is 44.1 Å². The van der Waals surface area contributed by atoms with Crippen LogP contribution in [0.3, 0.4) is 0 Å². The van der Waals surface area contributed by atoms with Crippen LogP contribution in [0, 0.1) is 18.3 Å². The van der Waals surface area contributed by atoms with E-state index in [1.165, 1.54) is 6.92 Å². The van der Waals surface area contributed by atoms with Gasteiger partial charge in [-0.3, -0.25) is 52.7 Å². The number of carboxylic acid groups (broad SMARTS) is 2. The fourth-order valence-electron chi connectivity index (χ4n) is 6.84. The second-order valence-electron chi connectivity index (χ2n) is 18.1. The molecule has 0 saturated heterocycles. The highest BCUT2D eigenvalue weighted by Crippen LogP contribution is 2.21. The molecule has 11 N–H and O–H groups in total. The van der Waals surface area contributed by atoms with E-state index in [0.29, 0.717) is 31.2 Å². The van der Waals surface area contributed by atoms with Crippen molar-refractivity contribution in [2.24, 2.45) is 17.1 Å². The van der Waals surface area contributed by atoms with Crippen LogP contribution in [0.5, 0.6) is 0 Å². The summed E-state index contributed by atoms with van der Waals surface area (Å²) < 4.78 is 0. The van der Waals surface area contributed by atoms with Gasteiger partial charge in [0, 0.05) is 32.7 Å². The van der Waals surface area contributed by atoms with Crippen molar-refractivity contribution >= 4 is 65.0 Å². The molecule has 0 bridgehead atoms. The lowest BCUT2D eigenvalue weighted by atomic mass is 9.85. The van der Waals surface area contributed by atoms with E-state index in [2.05, 4.69) is 37.2 Å². The van der Waals surface area contributed by atoms with Gasteiger partial charge in [-0.2, -0.15) is 0 Å². The molecule has 21 nitrogen and oxygen atoms in total. The van der Waals surface area contributed by atoms with Crippen LogP contribution < -0.4 is 43.0 Å². The third-order valence-corrected chi connectivity index (χ3v) is 10.6. The minimum Gasteiger partial charge on any atom is -0.481 e. The Balaban J connectivity index is 3.60. The second kappa shape index (κ2) is 29.3. The third kappa shape index (κ3) is 23.1. The molecule has 0 saturated carbocycles. The maximum Gasteiger partial charge on any atom is 0.303 e. The number of carbonyl (C=O) groups is 11. The van der Waals surface area contributed by atoms with Gasteiger partial charge in [-0.25, -0.2) is 0 Å². The fourth-order valence-corrected chi connectivity index (χ4v) is 6.84. The minimum atomic E-state index is -1.58. The second-order valence-corrected chi connectivity index (χ2v) is 18.1. The summed E-state index contributed by atoms with van der Waals surface area (Å²) in [5.41, 5.74) is 5.59. The zero-order valence-electron chi connectivity index (χ0n) is 40.0. The predicted molar refractivity (Wildman–Crippen MR) is 245 cm³/mol. The van der Waals surface area contributed by atoms with E-state index >= 15 is 0 Å². The summed E-state index contributed by atoms with van der Waals surface area (Å²) >= 11 is 0. The number of aliphatic carboxylic acids is 2. The Morgan fingerprint density at radius 3 is 1.69 bits per heavy atom. The number of unbranched alkanes of at least 4 members (excludes halogenated alkanes) is 2. The van der Waals surface area contributed by atoms with Crippen LogP contribution >= 0.6 is 0 Å². The molecule has 0 aliphatic rings. The van der Waals surface area contributed by atoms with E-state index in [9.17, 15) is 57.8 Å². The molecule has 1 aromatic rings. The molecule has 0 radical (unpaired) electrons. The number of aryl methyl sites for hydroxylation is 1. The highest BCUT2D eigenvalue weighted by atomic mass is 16.4. The van der Waals surface area contributed by atoms with Crippen LogP contribution in [0.2, 0.25) is 0 Å².